The van der Waals surface area contributed by atoms with Crippen LogP contribution in [0.4, 0.5) is 0 Å². The zero-order valence-electron chi connectivity index (χ0n) is 15.7. The van der Waals surface area contributed by atoms with E-state index in [1.165, 1.54) is 0 Å². The molecule has 0 spiro atoms. The zero-order chi connectivity index (χ0) is 19.4. The number of furan rings is 1. The van der Waals surface area contributed by atoms with Crippen LogP contribution in [0.15, 0.2) is 53.1 Å². The maximum absolute atomic E-state index is 12.2. The van der Waals surface area contributed by atoms with E-state index in [4.69, 9.17) is 9.15 Å². The molecule has 140 valence electrons. The summed E-state index contributed by atoms with van der Waals surface area (Å²) in [6.07, 6.45) is 0.766. The lowest BCUT2D eigenvalue weighted by molar-refractivity contribution is -0.154. The van der Waals surface area contributed by atoms with E-state index in [-0.39, 0.29) is 12.3 Å². The van der Waals surface area contributed by atoms with Crippen LogP contribution in [0.2, 0.25) is 0 Å². The van der Waals surface area contributed by atoms with E-state index >= 15 is 0 Å². The van der Waals surface area contributed by atoms with Crippen LogP contribution < -0.4 is 5.32 Å². The number of amides is 1. The fourth-order valence-corrected chi connectivity index (χ4v) is 2.81. The normalized spacial score (nSPS) is 12.0. The fraction of sp³-hybridized carbons (Fsp3) is 0.273. The first-order valence-electron chi connectivity index (χ1n) is 8.92. The number of rotatable bonds is 6. The number of hydrogen-bond donors (Lipinski definition) is 1. The maximum atomic E-state index is 12.2. The molecule has 5 heteroatoms. The van der Waals surface area contributed by atoms with Crippen molar-refractivity contribution in [2.75, 3.05) is 0 Å². The van der Waals surface area contributed by atoms with E-state index in [9.17, 15) is 9.59 Å². The van der Waals surface area contributed by atoms with Gasteiger partial charge in [0.05, 0.1) is 12.7 Å². The second-order valence-corrected chi connectivity index (χ2v) is 6.77. The SMILES string of the molecule is Cc1ccc(CNC(=O)[C@@H](C)OC(=O)Cc2coc3cc(C)ccc23)cc1. The van der Waals surface area contributed by atoms with Gasteiger partial charge in [-0.05, 0) is 38.0 Å². The van der Waals surface area contributed by atoms with Crippen LogP contribution in [-0.2, 0) is 27.3 Å². The largest absolute Gasteiger partial charge is 0.464 e. The van der Waals surface area contributed by atoms with Crippen LogP contribution >= 0.6 is 0 Å². The fourth-order valence-electron chi connectivity index (χ4n) is 2.81. The molecule has 1 heterocycles. The highest BCUT2D eigenvalue weighted by Crippen LogP contribution is 2.23. The van der Waals surface area contributed by atoms with Gasteiger partial charge in [-0.25, -0.2) is 0 Å². The standard InChI is InChI=1S/C22H23NO4/c1-14-4-7-17(8-5-14)12-23-22(25)16(3)27-21(24)11-18-13-26-20-10-15(2)6-9-19(18)20/h4-10,13,16H,11-12H2,1-3H3,(H,23,25)/t16-/m1/s1. The number of esters is 1. The third kappa shape index (κ3) is 4.76. The maximum Gasteiger partial charge on any atom is 0.311 e. The summed E-state index contributed by atoms with van der Waals surface area (Å²) >= 11 is 0. The molecule has 1 atom stereocenters. The summed E-state index contributed by atoms with van der Waals surface area (Å²) in [6, 6.07) is 13.7. The van der Waals surface area contributed by atoms with Crippen molar-refractivity contribution in [3.05, 3.63) is 71.0 Å². The van der Waals surface area contributed by atoms with Crippen LogP contribution in [0.3, 0.4) is 0 Å². The molecule has 0 fully saturated rings. The molecule has 3 rings (SSSR count). The highest BCUT2D eigenvalue weighted by molar-refractivity contribution is 5.88. The van der Waals surface area contributed by atoms with Crippen LogP contribution in [-0.4, -0.2) is 18.0 Å². The lowest BCUT2D eigenvalue weighted by atomic mass is 10.1. The average Bonchev–Trinajstić information content (AvgIpc) is 3.02. The number of ether oxygens (including phenoxy) is 1. The Bertz CT molecular complexity index is 956. The van der Waals surface area contributed by atoms with Crippen molar-refractivity contribution in [3.8, 4) is 0 Å². The Balaban J connectivity index is 1.53. The first-order chi connectivity index (χ1) is 12.9. The van der Waals surface area contributed by atoms with E-state index in [0.717, 1.165) is 33.2 Å². The molecule has 27 heavy (non-hydrogen) atoms. The van der Waals surface area contributed by atoms with Crippen molar-refractivity contribution in [1.29, 1.82) is 0 Å². The molecule has 0 bridgehead atoms. The van der Waals surface area contributed by atoms with E-state index in [0.29, 0.717) is 6.54 Å². The summed E-state index contributed by atoms with van der Waals surface area (Å²) in [5.74, 6) is -0.784. The first kappa shape index (κ1) is 18.7. The number of nitrogens with one attached hydrogen (secondary N) is 1. The van der Waals surface area contributed by atoms with Crippen LogP contribution in [0, 0.1) is 13.8 Å². The van der Waals surface area contributed by atoms with Gasteiger partial charge in [-0.15, -0.1) is 0 Å². The summed E-state index contributed by atoms with van der Waals surface area (Å²) in [7, 11) is 0. The van der Waals surface area contributed by atoms with Gasteiger partial charge in [-0.2, -0.15) is 0 Å². The summed E-state index contributed by atoms with van der Waals surface area (Å²) in [4.78, 5) is 24.4. The molecule has 5 nitrogen and oxygen atoms in total. The van der Waals surface area contributed by atoms with E-state index in [1.807, 2.05) is 56.3 Å². The Labute approximate surface area is 158 Å². The lowest BCUT2D eigenvalue weighted by Gasteiger charge is -2.13. The minimum absolute atomic E-state index is 0.0612. The molecule has 0 aliphatic rings. The molecule has 0 radical (unpaired) electrons. The molecule has 0 unspecified atom stereocenters. The summed E-state index contributed by atoms with van der Waals surface area (Å²) in [5, 5.41) is 3.67. The number of fused-ring (bicyclic) bond motifs is 1. The minimum atomic E-state index is -0.858. The van der Waals surface area contributed by atoms with E-state index < -0.39 is 12.1 Å². The van der Waals surface area contributed by atoms with Crippen molar-refractivity contribution in [2.45, 2.75) is 39.8 Å². The van der Waals surface area contributed by atoms with Crippen molar-refractivity contribution in [2.24, 2.45) is 0 Å². The minimum Gasteiger partial charge on any atom is -0.464 e. The molecule has 0 aliphatic heterocycles. The van der Waals surface area contributed by atoms with Gasteiger partial charge in [0.2, 0.25) is 0 Å². The molecular weight excluding hydrogens is 342 g/mol. The van der Waals surface area contributed by atoms with Gasteiger partial charge in [-0.1, -0.05) is 42.0 Å². The molecular formula is C22H23NO4. The zero-order valence-corrected chi connectivity index (χ0v) is 15.7. The monoisotopic (exact) mass is 365 g/mol. The summed E-state index contributed by atoms with van der Waals surface area (Å²) in [5.41, 5.74) is 4.73. The molecule has 0 aliphatic carbocycles. The molecule has 1 N–H and O–H groups in total. The van der Waals surface area contributed by atoms with Gasteiger partial charge in [0.25, 0.3) is 5.91 Å². The van der Waals surface area contributed by atoms with Gasteiger partial charge in [-0.3, -0.25) is 9.59 Å². The Morgan fingerprint density at radius 1 is 1.07 bits per heavy atom. The Hall–Kier alpha value is -3.08. The predicted octanol–water partition coefficient (Wildman–Crippen LogP) is 3.84. The van der Waals surface area contributed by atoms with Gasteiger partial charge in [0.15, 0.2) is 6.10 Å². The van der Waals surface area contributed by atoms with Crippen molar-refractivity contribution in [1.82, 2.24) is 5.32 Å². The van der Waals surface area contributed by atoms with Crippen molar-refractivity contribution >= 4 is 22.8 Å². The Morgan fingerprint density at radius 2 is 1.78 bits per heavy atom. The molecule has 0 saturated carbocycles. The topological polar surface area (TPSA) is 68.5 Å². The second kappa shape index (κ2) is 8.08. The van der Waals surface area contributed by atoms with E-state index in [2.05, 4.69) is 5.32 Å². The van der Waals surface area contributed by atoms with Gasteiger partial charge in [0, 0.05) is 17.5 Å². The molecule has 2 aromatic carbocycles. The van der Waals surface area contributed by atoms with Crippen molar-refractivity contribution < 1.29 is 18.7 Å². The molecule has 1 amide bonds. The highest BCUT2D eigenvalue weighted by atomic mass is 16.5. The summed E-state index contributed by atoms with van der Waals surface area (Å²) < 4.78 is 10.8. The Morgan fingerprint density at radius 3 is 2.52 bits per heavy atom. The lowest BCUT2D eigenvalue weighted by Crippen LogP contribution is -2.35. The van der Waals surface area contributed by atoms with Crippen LogP contribution in [0.25, 0.3) is 11.0 Å². The highest BCUT2D eigenvalue weighted by Gasteiger charge is 2.19. The Kier molecular flexibility index (Phi) is 5.60. The van der Waals surface area contributed by atoms with Gasteiger partial charge >= 0.3 is 5.97 Å². The number of aryl methyl sites for hydroxylation is 2. The average molecular weight is 365 g/mol. The number of carbonyl (C=O) groups excluding carboxylic acids is 2. The molecule has 3 aromatic rings. The third-order valence-corrected chi connectivity index (χ3v) is 4.41. The van der Waals surface area contributed by atoms with Gasteiger partial charge < -0.3 is 14.5 Å². The predicted molar refractivity (Wildman–Crippen MR) is 103 cm³/mol. The first-order valence-corrected chi connectivity index (χ1v) is 8.92. The number of carbonyl (C=O) groups is 2. The second-order valence-electron chi connectivity index (χ2n) is 6.77. The van der Waals surface area contributed by atoms with Crippen LogP contribution in [0.5, 0.6) is 0 Å². The van der Waals surface area contributed by atoms with E-state index in [1.54, 1.807) is 13.2 Å². The quantitative estimate of drug-likeness (QED) is 0.674. The smallest absolute Gasteiger partial charge is 0.311 e. The van der Waals surface area contributed by atoms with Gasteiger partial charge in [0.1, 0.15) is 5.58 Å². The molecule has 0 saturated heterocycles. The summed E-state index contributed by atoms with van der Waals surface area (Å²) in [6.45, 7) is 5.95. The number of benzene rings is 2. The third-order valence-electron chi connectivity index (χ3n) is 4.41. The number of hydrogen-bond acceptors (Lipinski definition) is 4. The van der Waals surface area contributed by atoms with Crippen molar-refractivity contribution in [3.63, 3.8) is 0 Å². The molecule has 1 aromatic heterocycles. The van der Waals surface area contributed by atoms with Crippen LogP contribution in [0.1, 0.15) is 29.2 Å².